The summed E-state index contributed by atoms with van der Waals surface area (Å²) in [5.41, 5.74) is 8.91. The Balaban J connectivity index is 1.43. The largest absolute Gasteiger partial charge is 0.378 e. The number of rotatable bonds is 9. The fraction of sp³-hybridized carbons (Fsp3) is 0.135. The number of halogens is 3. The Morgan fingerprint density at radius 2 is 0.932 bits per heavy atom. The summed E-state index contributed by atoms with van der Waals surface area (Å²) in [5.74, 6) is -0.0914. The lowest BCUT2D eigenvalue weighted by molar-refractivity contribution is 0.977. The zero-order valence-electron chi connectivity index (χ0n) is 25.0. The normalized spacial score (nSPS) is 12.2. The van der Waals surface area contributed by atoms with Crippen LogP contribution in [-0.4, -0.2) is 40.6 Å². The molecule has 7 heteroatoms. The second-order valence-electron chi connectivity index (χ2n) is 10.9. The highest BCUT2D eigenvalue weighted by Crippen LogP contribution is 2.39. The van der Waals surface area contributed by atoms with Gasteiger partial charge in [0.05, 0.1) is 21.4 Å². The van der Waals surface area contributed by atoms with Crippen molar-refractivity contribution in [2.45, 2.75) is 5.92 Å². The highest BCUT2D eigenvalue weighted by molar-refractivity contribution is 9.10. The molecule has 222 valence electrons. The number of aliphatic imine (C=N–C) groups is 2. The van der Waals surface area contributed by atoms with Gasteiger partial charge in [0.2, 0.25) is 0 Å². The maximum Gasteiger partial charge on any atom is 0.0816 e. The van der Waals surface area contributed by atoms with Crippen LogP contribution in [0.4, 0.5) is 22.7 Å². The Hall–Kier alpha value is -3.90. The van der Waals surface area contributed by atoms with E-state index < -0.39 is 0 Å². The molecule has 0 heterocycles. The van der Waals surface area contributed by atoms with Crippen molar-refractivity contribution in [3.63, 3.8) is 0 Å². The van der Waals surface area contributed by atoms with Gasteiger partial charge in [0.15, 0.2) is 0 Å². The number of benzene rings is 5. The Morgan fingerprint density at radius 1 is 0.545 bits per heavy atom. The monoisotopic (exact) mass is 682 g/mol. The molecule has 0 saturated heterocycles. The molecule has 5 aromatic carbocycles. The van der Waals surface area contributed by atoms with E-state index in [-0.39, 0.29) is 5.92 Å². The molecule has 0 unspecified atom stereocenters. The summed E-state index contributed by atoms with van der Waals surface area (Å²) in [5, 5.41) is 1.16. The van der Waals surface area contributed by atoms with E-state index in [9.17, 15) is 0 Å². The molecule has 0 atom stereocenters. The third-order valence-electron chi connectivity index (χ3n) is 7.34. The first kappa shape index (κ1) is 31.5. The van der Waals surface area contributed by atoms with Gasteiger partial charge in [0.1, 0.15) is 0 Å². The average Bonchev–Trinajstić information content (AvgIpc) is 3.01. The van der Waals surface area contributed by atoms with Crippen LogP contribution in [0.1, 0.15) is 33.7 Å². The Labute approximate surface area is 278 Å². The first-order valence-corrected chi connectivity index (χ1v) is 15.7. The fourth-order valence-electron chi connectivity index (χ4n) is 4.85. The van der Waals surface area contributed by atoms with Gasteiger partial charge in [0.25, 0.3) is 0 Å². The molecule has 0 saturated carbocycles. The van der Waals surface area contributed by atoms with Crippen LogP contribution in [0.5, 0.6) is 0 Å². The molecule has 0 aliphatic carbocycles. The molecule has 0 spiro atoms. The SMILES string of the molecule is CN(C)c1ccc(C=Nc2ccc(C(c3ccc(Br)cc3)c3ccc(N=Cc4ccc(N(C)C)cc4)c(Cl)c3)cc2Cl)cc1. The van der Waals surface area contributed by atoms with E-state index >= 15 is 0 Å². The van der Waals surface area contributed by atoms with Crippen molar-refractivity contribution in [1.29, 1.82) is 0 Å². The van der Waals surface area contributed by atoms with Gasteiger partial charge < -0.3 is 9.80 Å². The summed E-state index contributed by atoms with van der Waals surface area (Å²) in [6.07, 6.45) is 3.67. The van der Waals surface area contributed by atoms with Crippen LogP contribution in [0.3, 0.4) is 0 Å². The van der Waals surface area contributed by atoms with E-state index in [0.29, 0.717) is 21.4 Å². The van der Waals surface area contributed by atoms with Crippen LogP contribution in [0.15, 0.2) is 124 Å². The van der Waals surface area contributed by atoms with Crippen molar-refractivity contribution >= 4 is 74.3 Å². The van der Waals surface area contributed by atoms with E-state index in [0.717, 1.165) is 43.7 Å². The third-order valence-corrected chi connectivity index (χ3v) is 8.47. The molecule has 0 amide bonds. The standard InChI is InChI=1S/C37H33BrCl2N4/c1-43(2)31-15-5-25(6-16-31)23-41-35-19-11-28(21-33(35)39)37(27-9-13-30(38)14-10-27)29-12-20-36(34(40)22-29)42-24-26-7-17-32(18-8-26)44(3)4/h5-24,37H,1-4H3. The molecule has 44 heavy (non-hydrogen) atoms. The second kappa shape index (κ2) is 14.3. The summed E-state index contributed by atoms with van der Waals surface area (Å²) in [6.45, 7) is 0. The number of nitrogens with zero attached hydrogens (tertiary/aromatic N) is 4. The zero-order valence-corrected chi connectivity index (χ0v) is 28.1. The number of hydrogen-bond acceptors (Lipinski definition) is 4. The number of hydrogen-bond donors (Lipinski definition) is 0. The predicted molar refractivity (Wildman–Crippen MR) is 194 cm³/mol. The summed E-state index contributed by atoms with van der Waals surface area (Å²) >= 11 is 17.2. The zero-order chi connectivity index (χ0) is 31.2. The van der Waals surface area contributed by atoms with Crippen molar-refractivity contribution in [2.24, 2.45) is 9.98 Å². The highest BCUT2D eigenvalue weighted by atomic mass is 79.9. The summed E-state index contributed by atoms with van der Waals surface area (Å²) < 4.78 is 1.02. The van der Waals surface area contributed by atoms with Gasteiger partial charge in [-0.05, 0) is 88.5 Å². The van der Waals surface area contributed by atoms with Crippen molar-refractivity contribution in [2.75, 3.05) is 38.0 Å². The van der Waals surface area contributed by atoms with Gasteiger partial charge in [-0.25, -0.2) is 0 Å². The van der Waals surface area contributed by atoms with Crippen LogP contribution in [0.25, 0.3) is 0 Å². The topological polar surface area (TPSA) is 31.2 Å². The minimum Gasteiger partial charge on any atom is -0.378 e. The Morgan fingerprint density at radius 3 is 1.30 bits per heavy atom. The smallest absolute Gasteiger partial charge is 0.0816 e. The van der Waals surface area contributed by atoms with Crippen LogP contribution in [-0.2, 0) is 0 Å². The van der Waals surface area contributed by atoms with Gasteiger partial charge in [-0.15, -0.1) is 0 Å². The summed E-state index contributed by atoms with van der Waals surface area (Å²) in [7, 11) is 8.09. The maximum absolute atomic E-state index is 6.81. The second-order valence-corrected chi connectivity index (χ2v) is 12.6. The van der Waals surface area contributed by atoms with Crippen LogP contribution >= 0.6 is 39.1 Å². The first-order valence-electron chi connectivity index (χ1n) is 14.2. The fourth-order valence-corrected chi connectivity index (χ4v) is 5.59. The van der Waals surface area contributed by atoms with Crippen molar-refractivity contribution in [1.82, 2.24) is 0 Å². The Bertz CT molecular complexity index is 1670. The van der Waals surface area contributed by atoms with Crippen LogP contribution in [0.2, 0.25) is 10.0 Å². The lowest BCUT2D eigenvalue weighted by atomic mass is 9.85. The average molecular weight is 685 g/mol. The van der Waals surface area contributed by atoms with Gasteiger partial charge in [-0.3, -0.25) is 9.98 Å². The molecule has 0 aliphatic rings. The van der Waals surface area contributed by atoms with Gasteiger partial charge in [-0.1, -0.05) is 87.7 Å². The molecule has 0 N–H and O–H groups in total. The molecule has 4 nitrogen and oxygen atoms in total. The highest BCUT2D eigenvalue weighted by Gasteiger charge is 2.19. The minimum absolute atomic E-state index is 0.0914. The quantitative estimate of drug-likeness (QED) is 0.114. The third kappa shape index (κ3) is 7.78. The minimum atomic E-state index is -0.0914. The van der Waals surface area contributed by atoms with Crippen LogP contribution in [0, 0.1) is 0 Å². The molecule has 0 aliphatic heterocycles. The van der Waals surface area contributed by atoms with Crippen molar-refractivity contribution in [3.05, 3.63) is 152 Å². The Kier molecular flexibility index (Phi) is 10.2. The molecular formula is C37H33BrCl2N4. The molecule has 0 aromatic heterocycles. The molecular weight excluding hydrogens is 651 g/mol. The summed E-state index contributed by atoms with van der Waals surface area (Å²) in [6, 6.07) is 36.9. The van der Waals surface area contributed by atoms with E-state index in [4.69, 9.17) is 23.2 Å². The van der Waals surface area contributed by atoms with E-state index in [1.54, 1.807) is 0 Å². The van der Waals surface area contributed by atoms with Crippen molar-refractivity contribution in [3.8, 4) is 0 Å². The van der Waals surface area contributed by atoms with Gasteiger partial charge in [-0.2, -0.15) is 0 Å². The van der Waals surface area contributed by atoms with Crippen LogP contribution < -0.4 is 9.80 Å². The molecule has 5 rings (SSSR count). The molecule has 5 aromatic rings. The molecule has 0 fully saturated rings. The predicted octanol–water partition coefficient (Wildman–Crippen LogP) is 10.6. The van der Waals surface area contributed by atoms with E-state index in [1.807, 2.05) is 101 Å². The maximum atomic E-state index is 6.81. The number of anilines is 2. The van der Waals surface area contributed by atoms with E-state index in [1.165, 1.54) is 0 Å². The van der Waals surface area contributed by atoms with E-state index in [2.05, 4.69) is 84.2 Å². The van der Waals surface area contributed by atoms with Crippen molar-refractivity contribution < 1.29 is 0 Å². The lowest BCUT2D eigenvalue weighted by Gasteiger charge is -2.20. The first-order chi connectivity index (χ1) is 21.2. The van der Waals surface area contributed by atoms with Gasteiger partial charge >= 0.3 is 0 Å². The van der Waals surface area contributed by atoms with Gasteiger partial charge in [0, 0.05) is 62.4 Å². The molecule has 0 radical (unpaired) electrons. The summed E-state index contributed by atoms with van der Waals surface area (Å²) in [4.78, 5) is 13.5. The molecule has 0 bridgehead atoms. The lowest BCUT2D eigenvalue weighted by Crippen LogP contribution is -2.08.